The zero-order chi connectivity index (χ0) is 15.1. The van der Waals surface area contributed by atoms with Crippen molar-refractivity contribution < 1.29 is 13.5 Å². The molecule has 1 saturated heterocycles. The maximum atomic E-state index is 12.3. The van der Waals surface area contributed by atoms with E-state index >= 15 is 0 Å². The zero-order valence-corrected chi connectivity index (χ0v) is 13.9. The number of benzene rings is 1. The van der Waals surface area contributed by atoms with Crippen LogP contribution in [0.4, 0.5) is 0 Å². The maximum absolute atomic E-state index is 12.3. The van der Waals surface area contributed by atoms with Crippen LogP contribution in [0.5, 0.6) is 0 Å². The molecule has 1 aliphatic heterocycles. The summed E-state index contributed by atoms with van der Waals surface area (Å²) >= 11 is 3.68. The van der Waals surface area contributed by atoms with Crippen molar-refractivity contribution in [2.24, 2.45) is 0 Å². The average molecular weight is 343 g/mol. The van der Waals surface area contributed by atoms with Crippen LogP contribution in [-0.4, -0.2) is 49.2 Å². The Balaban J connectivity index is 2.04. The van der Waals surface area contributed by atoms with Gasteiger partial charge < -0.3 is 5.11 Å². The number of aliphatic hydroxyl groups excluding tert-OH is 1. The molecule has 1 unspecified atom stereocenters. The van der Waals surface area contributed by atoms with Crippen LogP contribution in [0.2, 0.25) is 0 Å². The Morgan fingerprint density at radius 3 is 2.95 bits per heavy atom. The average Bonchev–Trinajstić information content (AvgIpc) is 2.52. The molecule has 1 fully saturated rings. The molecule has 1 aromatic rings. The molecule has 0 spiro atoms. The second kappa shape index (κ2) is 8.11. The van der Waals surface area contributed by atoms with E-state index in [2.05, 4.69) is 16.6 Å². The first-order valence-corrected chi connectivity index (χ1v) is 10.2. The number of nitrogens with one attached hydrogen (secondary N) is 1. The number of hydrogen-bond donors (Lipinski definition) is 2. The molecule has 0 aromatic heterocycles. The molecule has 1 aliphatic rings. The number of sulfonamides is 1. The number of aliphatic hydroxyl groups is 1. The van der Waals surface area contributed by atoms with Gasteiger partial charge in [0.15, 0.2) is 0 Å². The molecule has 0 aliphatic carbocycles. The van der Waals surface area contributed by atoms with Gasteiger partial charge in [-0.25, -0.2) is 13.1 Å². The fourth-order valence-corrected chi connectivity index (χ4v) is 5.67. The molecular weight excluding hydrogens is 326 g/mol. The van der Waals surface area contributed by atoms with Crippen molar-refractivity contribution in [3.63, 3.8) is 0 Å². The molecule has 0 bridgehead atoms. The minimum absolute atomic E-state index is 0.209. The lowest BCUT2D eigenvalue weighted by atomic mass is 10.2. The summed E-state index contributed by atoms with van der Waals surface area (Å²) in [6.07, 6.45) is 0. The molecule has 21 heavy (non-hydrogen) atoms. The highest BCUT2D eigenvalue weighted by Crippen LogP contribution is 2.23. The van der Waals surface area contributed by atoms with Gasteiger partial charge in [-0.2, -0.15) is 23.5 Å². The highest BCUT2D eigenvalue weighted by atomic mass is 32.2. The van der Waals surface area contributed by atoms with Crippen molar-refractivity contribution in [3.05, 3.63) is 29.8 Å². The van der Waals surface area contributed by atoms with Gasteiger partial charge in [0.1, 0.15) is 6.61 Å². The lowest BCUT2D eigenvalue weighted by Gasteiger charge is -2.21. The summed E-state index contributed by atoms with van der Waals surface area (Å²) in [5.41, 5.74) is 0.578. The summed E-state index contributed by atoms with van der Waals surface area (Å²) < 4.78 is 27.2. The van der Waals surface area contributed by atoms with E-state index in [1.54, 1.807) is 18.2 Å². The first kappa shape index (κ1) is 16.7. The van der Waals surface area contributed by atoms with E-state index in [4.69, 9.17) is 5.11 Å². The van der Waals surface area contributed by atoms with Crippen molar-refractivity contribution in [1.82, 2.24) is 4.72 Å². The van der Waals surface area contributed by atoms with Gasteiger partial charge in [-0.1, -0.05) is 17.9 Å². The zero-order valence-electron chi connectivity index (χ0n) is 11.4. The molecule has 0 amide bonds. The highest BCUT2D eigenvalue weighted by molar-refractivity contribution is 8.06. The third kappa shape index (κ3) is 5.24. The predicted molar refractivity (Wildman–Crippen MR) is 89.2 cm³/mol. The van der Waals surface area contributed by atoms with Crippen molar-refractivity contribution in [1.29, 1.82) is 0 Å². The van der Waals surface area contributed by atoms with Crippen LogP contribution in [-0.2, 0) is 10.0 Å². The van der Waals surface area contributed by atoms with Gasteiger partial charge in [-0.3, -0.25) is 0 Å². The van der Waals surface area contributed by atoms with Gasteiger partial charge in [0.05, 0.1) is 4.90 Å². The van der Waals surface area contributed by atoms with Crippen molar-refractivity contribution in [3.8, 4) is 11.8 Å². The highest BCUT2D eigenvalue weighted by Gasteiger charge is 2.19. The van der Waals surface area contributed by atoms with E-state index in [9.17, 15) is 8.42 Å². The van der Waals surface area contributed by atoms with E-state index in [1.165, 1.54) is 6.07 Å². The SMILES string of the molecule is O=S(=O)(NCC1CSCCS1)c1cccc(C#CCO)c1. The summed E-state index contributed by atoms with van der Waals surface area (Å²) in [6, 6.07) is 6.44. The van der Waals surface area contributed by atoms with Crippen molar-refractivity contribution in [2.45, 2.75) is 10.1 Å². The first-order valence-electron chi connectivity index (χ1n) is 6.50. The normalized spacial score (nSPS) is 18.8. The Morgan fingerprint density at radius 1 is 1.38 bits per heavy atom. The number of thioether (sulfide) groups is 2. The van der Waals surface area contributed by atoms with Gasteiger partial charge in [-0.05, 0) is 18.2 Å². The molecule has 2 N–H and O–H groups in total. The topological polar surface area (TPSA) is 66.4 Å². The third-order valence-electron chi connectivity index (χ3n) is 2.84. The van der Waals surface area contributed by atoms with Gasteiger partial charge in [-0.15, -0.1) is 0 Å². The minimum atomic E-state index is -3.51. The monoisotopic (exact) mass is 343 g/mol. The van der Waals surface area contributed by atoms with Crippen LogP contribution in [0.15, 0.2) is 29.2 Å². The molecule has 114 valence electrons. The van der Waals surface area contributed by atoms with E-state index in [0.717, 1.165) is 17.3 Å². The van der Waals surface area contributed by atoms with E-state index in [1.807, 2.05) is 23.5 Å². The number of hydrogen-bond acceptors (Lipinski definition) is 5. The standard InChI is InChI=1S/C14H17NO3S3/c16-6-2-4-12-3-1-5-14(9-12)21(17,18)15-10-13-11-19-7-8-20-13/h1,3,5,9,13,15-16H,6-8,10-11H2. The maximum Gasteiger partial charge on any atom is 0.240 e. The van der Waals surface area contributed by atoms with Gasteiger partial charge in [0, 0.05) is 34.6 Å². The van der Waals surface area contributed by atoms with Crippen LogP contribution in [0.25, 0.3) is 0 Å². The van der Waals surface area contributed by atoms with Gasteiger partial charge in [0.2, 0.25) is 10.0 Å². The largest absolute Gasteiger partial charge is 0.384 e. The lowest BCUT2D eigenvalue weighted by Crippen LogP contribution is -2.33. The quantitative estimate of drug-likeness (QED) is 0.803. The van der Waals surface area contributed by atoms with Crippen LogP contribution in [0.3, 0.4) is 0 Å². The Labute approximate surface area is 134 Å². The Morgan fingerprint density at radius 2 is 2.24 bits per heavy atom. The summed E-state index contributed by atoms with van der Waals surface area (Å²) in [4.78, 5) is 0.209. The molecule has 1 aromatic carbocycles. The predicted octanol–water partition coefficient (Wildman–Crippen LogP) is 1.16. The molecule has 0 radical (unpaired) electrons. The molecule has 0 saturated carbocycles. The molecule has 1 heterocycles. The summed E-state index contributed by atoms with van der Waals surface area (Å²) in [5, 5.41) is 9.01. The second-order valence-electron chi connectivity index (χ2n) is 4.41. The van der Waals surface area contributed by atoms with Crippen molar-refractivity contribution in [2.75, 3.05) is 30.4 Å². The second-order valence-corrected chi connectivity index (χ2v) is 8.73. The smallest absolute Gasteiger partial charge is 0.240 e. The van der Waals surface area contributed by atoms with E-state index in [-0.39, 0.29) is 11.5 Å². The van der Waals surface area contributed by atoms with Crippen molar-refractivity contribution >= 4 is 33.5 Å². The van der Waals surface area contributed by atoms with E-state index < -0.39 is 10.0 Å². The fraction of sp³-hybridized carbons (Fsp3) is 0.429. The Kier molecular flexibility index (Phi) is 6.45. The lowest BCUT2D eigenvalue weighted by molar-refractivity contribution is 0.350. The van der Waals surface area contributed by atoms with Gasteiger partial charge in [0.25, 0.3) is 0 Å². The summed E-state index contributed by atoms with van der Waals surface area (Å²) in [7, 11) is -3.51. The van der Waals surface area contributed by atoms with Crippen LogP contribution < -0.4 is 4.72 Å². The fourth-order valence-electron chi connectivity index (χ4n) is 1.82. The molecule has 1 atom stereocenters. The van der Waals surface area contributed by atoms with Crippen LogP contribution in [0, 0.1) is 11.8 Å². The molecule has 7 heteroatoms. The van der Waals surface area contributed by atoms with E-state index in [0.29, 0.717) is 17.4 Å². The summed E-state index contributed by atoms with van der Waals surface area (Å²) in [5.74, 6) is 8.42. The van der Waals surface area contributed by atoms with Crippen LogP contribution in [0.1, 0.15) is 5.56 Å². The molecule has 4 nitrogen and oxygen atoms in total. The van der Waals surface area contributed by atoms with Gasteiger partial charge >= 0.3 is 0 Å². The van der Waals surface area contributed by atoms with Crippen LogP contribution >= 0.6 is 23.5 Å². The Bertz CT molecular complexity index is 628. The number of rotatable bonds is 4. The minimum Gasteiger partial charge on any atom is -0.384 e. The first-order chi connectivity index (χ1) is 10.1. The Hall–Kier alpha value is -0.650. The third-order valence-corrected chi connectivity index (χ3v) is 7.11. The summed E-state index contributed by atoms with van der Waals surface area (Å²) in [6.45, 7) is 0.207. The molecular formula is C14H17NO3S3. The molecule has 2 rings (SSSR count).